The molecule has 3 rings (SSSR count). The Morgan fingerprint density at radius 3 is 2.35 bits per heavy atom. The van der Waals surface area contributed by atoms with Crippen molar-refractivity contribution >= 4 is 18.0 Å². The van der Waals surface area contributed by atoms with Crippen molar-refractivity contribution in [2.24, 2.45) is 5.10 Å². The Morgan fingerprint density at radius 2 is 1.71 bits per heavy atom. The lowest BCUT2D eigenvalue weighted by molar-refractivity contribution is -0.139. The van der Waals surface area contributed by atoms with Crippen molar-refractivity contribution in [2.45, 2.75) is 26.8 Å². The van der Waals surface area contributed by atoms with Crippen LogP contribution in [0.25, 0.3) is 5.69 Å². The average molecular weight is 418 g/mol. The SMILES string of the molecule is COc1ccc(-n2c(C)cc(/C=N\NC(=O)C(=O)N[C@H](C)c3ccccc3)c2C)cc1. The number of carbonyl (C=O) groups excluding carboxylic acids is 2. The van der Waals surface area contributed by atoms with E-state index < -0.39 is 11.8 Å². The van der Waals surface area contributed by atoms with E-state index in [9.17, 15) is 9.59 Å². The standard InChI is InChI=1S/C24H26N4O3/c1-16-14-20(18(3)28(16)21-10-12-22(31-4)13-11-21)15-25-27-24(30)23(29)26-17(2)19-8-6-5-7-9-19/h5-15,17H,1-4H3,(H,26,29)(H,27,30)/b25-15-/t17-/m1/s1. The number of ether oxygens (including phenoxy) is 1. The lowest BCUT2D eigenvalue weighted by Gasteiger charge is -2.13. The minimum atomic E-state index is -0.817. The Balaban J connectivity index is 1.64. The molecule has 0 bridgehead atoms. The van der Waals surface area contributed by atoms with Crippen molar-refractivity contribution in [3.8, 4) is 11.4 Å². The molecule has 2 aromatic carbocycles. The molecule has 31 heavy (non-hydrogen) atoms. The quantitative estimate of drug-likeness (QED) is 0.365. The first-order chi connectivity index (χ1) is 14.9. The number of carbonyl (C=O) groups is 2. The van der Waals surface area contributed by atoms with E-state index in [1.54, 1.807) is 7.11 Å². The number of aromatic nitrogens is 1. The number of nitrogens with zero attached hydrogens (tertiary/aromatic N) is 2. The molecule has 7 heteroatoms. The zero-order valence-electron chi connectivity index (χ0n) is 18.0. The van der Waals surface area contributed by atoms with Gasteiger partial charge >= 0.3 is 11.8 Å². The first-order valence-corrected chi connectivity index (χ1v) is 9.93. The minimum Gasteiger partial charge on any atom is -0.497 e. The van der Waals surface area contributed by atoms with Gasteiger partial charge in [-0.25, -0.2) is 5.43 Å². The number of hydrogen-bond acceptors (Lipinski definition) is 4. The summed E-state index contributed by atoms with van der Waals surface area (Å²) in [6.07, 6.45) is 1.54. The van der Waals surface area contributed by atoms with Gasteiger partial charge in [-0.3, -0.25) is 9.59 Å². The summed E-state index contributed by atoms with van der Waals surface area (Å²) in [7, 11) is 1.63. The third-order valence-corrected chi connectivity index (χ3v) is 5.02. The van der Waals surface area contributed by atoms with Crippen molar-refractivity contribution in [3.05, 3.63) is 83.2 Å². The largest absolute Gasteiger partial charge is 0.497 e. The van der Waals surface area contributed by atoms with Crippen molar-refractivity contribution < 1.29 is 14.3 Å². The number of hydrogen-bond donors (Lipinski definition) is 2. The molecule has 160 valence electrons. The predicted molar refractivity (Wildman–Crippen MR) is 121 cm³/mol. The van der Waals surface area contributed by atoms with Crippen LogP contribution >= 0.6 is 0 Å². The van der Waals surface area contributed by atoms with Crippen molar-refractivity contribution in [3.63, 3.8) is 0 Å². The summed E-state index contributed by atoms with van der Waals surface area (Å²) < 4.78 is 7.29. The molecule has 3 aromatic rings. The van der Waals surface area contributed by atoms with Gasteiger partial charge in [0, 0.05) is 22.6 Å². The highest BCUT2D eigenvalue weighted by molar-refractivity contribution is 6.35. The molecule has 2 N–H and O–H groups in total. The van der Waals surface area contributed by atoms with Gasteiger partial charge in [0.25, 0.3) is 0 Å². The third-order valence-electron chi connectivity index (χ3n) is 5.02. The third kappa shape index (κ3) is 5.19. The smallest absolute Gasteiger partial charge is 0.329 e. The van der Waals surface area contributed by atoms with Gasteiger partial charge in [0.2, 0.25) is 0 Å². The number of nitrogens with one attached hydrogen (secondary N) is 2. The van der Waals surface area contributed by atoms with Crippen LogP contribution in [0.4, 0.5) is 0 Å². The molecule has 0 saturated carbocycles. The fourth-order valence-electron chi connectivity index (χ4n) is 3.35. The van der Waals surface area contributed by atoms with Gasteiger partial charge in [0.05, 0.1) is 19.4 Å². The van der Waals surface area contributed by atoms with E-state index in [-0.39, 0.29) is 6.04 Å². The zero-order chi connectivity index (χ0) is 22.4. The molecule has 0 spiro atoms. The molecule has 1 atom stereocenters. The fraction of sp³-hybridized carbons (Fsp3) is 0.208. The van der Waals surface area contributed by atoms with Crippen LogP contribution in [-0.2, 0) is 9.59 Å². The maximum atomic E-state index is 12.1. The van der Waals surface area contributed by atoms with Crippen molar-refractivity contribution in [2.75, 3.05) is 7.11 Å². The molecule has 0 aliphatic carbocycles. The molecular weight excluding hydrogens is 392 g/mol. The van der Waals surface area contributed by atoms with Crippen LogP contribution in [0.2, 0.25) is 0 Å². The molecule has 0 fully saturated rings. The molecule has 0 aliphatic heterocycles. The Morgan fingerprint density at radius 1 is 1.03 bits per heavy atom. The van der Waals surface area contributed by atoms with E-state index >= 15 is 0 Å². The average Bonchev–Trinajstić information content (AvgIpc) is 3.07. The minimum absolute atomic E-state index is 0.285. The lowest BCUT2D eigenvalue weighted by atomic mass is 10.1. The maximum Gasteiger partial charge on any atom is 0.329 e. The van der Waals surface area contributed by atoms with Crippen molar-refractivity contribution in [1.29, 1.82) is 0 Å². The Bertz CT molecular complexity index is 1090. The second-order valence-corrected chi connectivity index (χ2v) is 7.16. The van der Waals surface area contributed by atoms with Gasteiger partial charge in [-0.15, -0.1) is 0 Å². The van der Waals surface area contributed by atoms with Crippen LogP contribution in [0.3, 0.4) is 0 Å². The molecule has 0 aliphatic rings. The summed E-state index contributed by atoms with van der Waals surface area (Å²) in [5, 5.41) is 6.62. The summed E-state index contributed by atoms with van der Waals surface area (Å²) in [6, 6.07) is 18.9. The zero-order valence-corrected chi connectivity index (χ0v) is 18.0. The van der Waals surface area contributed by atoms with E-state index in [1.165, 1.54) is 6.21 Å². The predicted octanol–water partition coefficient (Wildman–Crippen LogP) is 3.43. The fourth-order valence-corrected chi connectivity index (χ4v) is 3.35. The van der Waals surface area contributed by atoms with E-state index in [4.69, 9.17) is 4.74 Å². The number of hydrazone groups is 1. The molecule has 7 nitrogen and oxygen atoms in total. The first kappa shape index (κ1) is 21.8. The monoisotopic (exact) mass is 418 g/mol. The molecule has 2 amide bonds. The lowest BCUT2D eigenvalue weighted by Crippen LogP contribution is -2.39. The van der Waals surface area contributed by atoms with Gasteiger partial charge in [-0.05, 0) is 56.7 Å². The molecule has 1 aromatic heterocycles. The summed E-state index contributed by atoms with van der Waals surface area (Å²) >= 11 is 0. The van der Waals surface area contributed by atoms with Crippen LogP contribution in [0.15, 0.2) is 65.8 Å². The summed E-state index contributed by atoms with van der Waals surface area (Å²) in [5.74, 6) is -0.768. The number of methoxy groups -OCH3 is 1. The van der Waals surface area contributed by atoms with Gasteiger partial charge in [-0.1, -0.05) is 30.3 Å². The van der Waals surface area contributed by atoms with Crippen LogP contribution in [0, 0.1) is 13.8 Å². The molecule has 0 unspecified atom stereocenters. The molecular formula is C24H26N4O3. The summed E-state index contributed by atoms with van der Waals surface area (Å²) in [6.45, 7) is 5.78. The Labute approximate surface area is 181 Å². The van der Waals surface area contributed by atoms with Crippen LogP contribution in [-0.4, -0.2) is 29.7 Å². The topological polar surface area (TPSA) is 84.7 Å². The second-order valence-electron chi connectivity index (χ2n) is 7.16. The highest BCUT2D eigenvalue weighted by Crippen LogP contribution is 2.22. The second kappa shape index (κ2) is 9.75. The first-order valence-electron chi connectivity index (χ1n) is 9.93. The van der Waals surface area contributed by atoms with Gasteiger partial charge < -0.3 is 14.6 Å². The van der Waals surface area contributed by atoms with E-state index in [2.05, 4.69) is 20.4 Å². The van der Waals surface area contributed by atoms with Crippen LogP contribution in [0.5, 0.6) is 5.75 Å². The molecule has 0 saturated heterocycles. The van der Waals surface area contributed by atoms with Crippen molar-refractivity contribution in [1.82, 2.24) is 15.3 Å². The van der Waals surface area contributed by atoms with E-state index in [1.807, 2.05) is 81.4 Å². The number of amides is 2. The van der Waals surface area contributed by atoms with E-state index in [0.29, 0.717) is 0 Å². The maximum absolute atomic E-state index is 12.1. The molecule has 1 heterocycles. The Kier molecular flexibility index (Phi) is 6.87. The van der Waals surface area contributed by atoms with Crippen LogP contribution in [0.1, 0.15) is 35.5 Å². The van der Waals surface area contributed by atoms with Gasteiger partial charge in [0.15, 0.2) is 0 Å². The van der Waals surface area contributed by atoms with Gasteiger partial charge in [-0.2, -0.15) is 5.10 Å². The highest BCUT2D eigenvalue weighted by atomic mass is 16.5. The number of benzene rings is 2. The van der Waals surface area contributed by atoms with Crippen LogP contribution < -0.4 is 15.5 Å². The molecule has 0 radical (unpaired) electrons. The highest BCUT2D eigenvalue weighted by Gasteiger charge is 2.16. The van der Waals surface area contributed by atoms with E-state index in [0.717, 1.165) is 34.0 Å². The number of rotatable bonds is 6. The normalized spacial score (nSPS) is 11.9. The Hall–Kier alpha value is -3.87. The number of aryl methyl sites for hydroxylation is 1. The summed E-state index contributed by atoms with van der Waals surface area (Å²) in [5.41, 5.74) is 7.02. The summed E-state index contributed by atoms with van der Waals surface area (Å²) in [4.78, 5) is 24.2. The van der Waals surface area contributed by atoms with Gasteiger partial charge in [0.1, 0.15) is 5.75 Å².